The van der Waals surface area contributed by atoms with Crippen molar-refractivity contribution in [3.63, 3.8) is 0 Å². The lowest BCUT2D eigenvalue weighted by molar-refractivity contribution is 0.0734. The molecule has 0 aromatic heterocycles. The summed E-state index contributed by atoms with van der Waals surface area (Å²) in [6.45, 7) is 0. The Labute approximate surface area is 185 Å². The molecule has 4 aromatic rings. The molecule has 6 heteroatoms. The maximum absolute atomic E-state index is 12.6. The smallest absolute Gasteiger partial charge is 0.343 e. The van der Waals surface area contributed by atoms with E-state index >= 15 is 0 Å². The Morgan fingerprint density at radius 2 is 1.59 bits per heavy atom. The molecular formula is C26H20N2O4. The van der Waals surface area contributed by atoms with Crippen molar-refractivity contribution in [1.29, 1.82) is 0 Å². The lowest BCUT2D eigenvalue weighted by Gasteiger charge is -2.10. The number of esters is 1. The van der Waals surface area contributed by atoms with Crippen molar-refractivity contribution in [2.45, 2.75) is 0 Å². The number of hydrogen-bond donors (Lipinski definition) is 1. The Bertz CT molecular complexity index is 1300. The van der Waals surface area contributed by atoms with Crippen molar-refractivity contribution in [3.05, 3.63) is 108 Å². The summed E-state index contributed by atoms with van der Waals surface area (Å²) in [5.41, 5.74) is 3.94. The van der Waals surface area contributed by atoms with E-state index in [9.17, 15) is 9.59 Å². The molecule has 0 spiro atoms. The predicted molar refractivity (Wildman–Crippen MR) is 123 cm³/mol. The summed E-state index contributed by atoms with van der Waals surface area (Å²) in [4.78, 5) is 25.0. The normalized spacial score (nSPS) is 10.8. The molecule has 1 N–H and O–H groups in total. The van der Waals surface area contributed by atoms with E-state index in [1.54, 1.807) is 54.6 Å². The molecule has 0 saturated carbocycles. The van der Waals surface area contributed by atoms with Gasteiger partial charge in [0.05, 0.1) is 18.9 Å². The Kier molecular flexibility index (Phi) is 6.22. The maximum Gasteiger partial charge on any atom is 0.343 e. The van der Waals surface area contributed by atoms with E-state index < -0.39 is 5.97 Å². The molecule has 6 nitrogen and oxygen atoms in total. The Balaban J connectivity index is 1.62. The molecule has 0 heterocycles. The second-order valence-electron chi connectivity index (χ2n) is 6.89. The number of amides is 1. The molecule has 158 valence electrons. The van der Waals surface area contributed by atoms with E-state index in [1.807, 2.05) is 36.4 Å². The van der Waals surface area contributed by atoms with Gasteiger partial charge in [-0.1, -0.05) is 54.6 Å². The minimum atomic E-state index is -0.476. The van der Waals surface area contributed by atoms with E-state index in [4.69, 9.17) is 9.47 Å². The van der Waals surface area contributed by atoms with Crippen molar-refractivity contribution in [3.8, 4) is 11.5 Å². The number of methoxy groups -OCH3 is 1. The number of hydrazone groups is 1. The molecule has 0 saturated heterocycles. The highest BCUT2D eigenvalue weighted by atomic mass is 16.5. The highest BCUT2D eigenvalue weighted by Crippen LogP contribution is 2.27. The molecule has 32 heavy (non-hydrogen) atoms. The Hall–Kier alpha value is -4.45. The van der Waals surface area contributed by atoms with Crippen molar-refractivity contribution < 1.29 is 19.1 Å². The molecule has 0 aliphatic carbocycles. The zero-order valence-electron chi connectivity index (χ0n) is 17.3. The predicted octanol–water partition coefficient (Wildman–Crippen LogP) is 4.83. The molecular weight excluding hydrogens is 404 g/mol. The van der Waals surface area contributed by atoms with Crippen molar-refractivity contribution in [2.24, 2.45) is 5.10 Å². The molecule has 4 aromatic carbocycles. The van der Waals surface area contributed by atoms with E-state index in [2.05, 4.69) is 10.5 Å². The van der Waals surface area contributed by atoms with Gasteiger partial charge >= 0.3 is 5.97 Å². The lowest BCUT2D eigenvalue weighted by atomic mass is 10.0. The van der Waals surface area contributed by atoms with Crippen LogP contribution >= 0.6 is 0 Å². The fourth-order valence-electron chi connectivity index (χ4n) is 3.22. The number of rotatable bonds is 6. The summed E-state index contributed by atoms with van der Waals surface area (Å²) < 4.78 is 10.8. The first-order valence-corrected chi connectivity index (χ1v) is 9.92. The molecule has 0 radical (unpaired) electrons. The van der Waals surface area contributed by atoms with Crippen LogP contribution in [0.3, 0.4) is 0 Å². The van der Waals surface area contributed by atoms with Crippen LogP contribution in [0.25, 0.3) is 10.8 Å². The summed E-state index contributed by atoms with van der Waals surface area (Å²) in [5.74, 6) is 0.0573. The van der Waals surface area contributed by atoms with Gasteiger partial charge in [0.25, 0.3) is 5.91 Å². The van der Waals surface area contributed by atoms with Crippen LogP contribution in [-0.2, 0) is 0 Å². The van der Waals surface area contributed by atoms with E-state index in [1.165, 1.54) is 13.3 Å². The van der Waals surface area contributed by atoms with Crippen molar-refractivity contribution in [2.75, 3.05) is 7.11 Å². The topological polar surface area (TPSA) is 77.0 Å². The molecule has 0 fully saturated rings. The quantitative estimate of drug-likeness (QED) is 0.208. The molecule has 0 unspecified atom stereocenters. The molecule has 0 aliphatic heterocycles. The zero-order valence-corrected chi connectivity index (χ0v) is 17.3. The van der Waals surface area contributed by atoms with E-state index in [-0.39, 0.29) is 5.91 Å². The highest BCUT2D eigenvalue weighted by molar-refractivity contribution is 6.04. The van der Waals surface area contributed by atoms with Gasteiger partial charge < -0.3 is 9.47 Å². The standard InChI is InChI=1S/C26H20N2O4/c1-31-21-12-7-11-20(16-21)25(29)28-27-17-23-22-13-6-5-8-18(22)14-15-24(23)32-26(30)19-9-3-2-4-10-19/h2-17H,1H3,(H,28,29). The van der Waals surface area contributed by atoms with Crippen LogP contribution in [0.4, 0.5) is 0 Å². The van der Waals surface area contributed by atoms with Crippen LogP contribution < -0.4 is 14.9 Å². The number of benzene rings is 4. The summed E-state index contributed by atoms with van der Waals surface area (Å²) in [6, 6.07) is 26.8. The third-order valence-electron chi connectivity index (χ3n) is 4.83. The van der Waals surface area contributed by atoms with Gasteiger partial charge in [0.1, 0.15) is 11.5 Å². The number of ether oxygens (including phenoxy) is 2. The first-order valence-electron chi connectivity index (χ1n) is 9.92. The summed E-state index contributed by atoms with van der Waals surface area (Å²) in [7, 11) is 1.54. The molecule has 0 atom stereocenters. The Morgan fingerprint density at radius 3 is 2.41 bits per heavy atom. The number of carbonyl (C=O) groups excluding carboxylic acids is 2. The maximum atomic E-state index is 12.6. The average Bonchev–Trinajstić information content (AvgIpc) is 2.85. The minimum absolute atomic E-state index is 0.344. The van der Waals surface area contributed by atoms with Gasteiger partial charge in [-0.05, 0) is 47.2 Å². The van der Waals surface area contributed by atoms with Gasteiger partial charge in [0.2, 0.25) is 0 Å². The van der Waals surface area contributed by atoms with Crippen molar-refractivity contribution >= 4 is 28.9 Å². The minimum Gasteiger partial charge on any atom is -0.497 e. The second-order valence-corrected chi connectivity index (χ2v) is 6.89. The van der Waals surface area contributed by atoms with Crippen LogP contribution in [0, 0.1) is 0 Å². The summed E-state index contributed by atoms with van der Waals surface area (Å²) in [6.07, 6.45) is 1.48. The van der Waals surface area contributed by atoms with Gasteiger partial charge in [0.15, 0.2) is 0 Å². The fraction of sp³-hybridized carbons (Fsp3) is 0.0385. The van der Waals surface area contributed by atoms with Gasteiger partial charge in [0, 0.05) is 11.1 Å². The van der Waals surface area contributed by atoms with Crippen molar-refractivity contribution in [1.82, 2.24) is 5.43 Å². The lowest BCUT2D eigenvalue weighted by Crippen LogP contribution is -2.17. The fourth-order valence-corrected chi connectivity index (χ4v) is 3.22. The third kappa shape index (κ3) is 4.65. The van der Waals surface area contributed by atoms with Crippen LogP contribution in [0.2, 0.25) is 0 Å². The number of nitrogens with one attached hydrogen (secondary N) is 1. The SMILES string of the molecule is COc1cccc(C(=O)NN=Cc2c(OC(=O)c3ccccc3)ccc3ccccc23)c1. The molecule has 0 aliphatic rings. The molecule has 0 bridgehead atoms. The van der Waals surface area contributed by atoms with Crippen LogP contribution in [-0.4, -0.2) is 25.2 Å². The first-order chi connectivity index (χ1) is 15.7. The zero-order chi connectivity index (χ0) is 22.3. The van der Waals surface area contributed by atoms with Crippen LogP contribution in [0.5, 0.6) is 11.5 Å². The monoisotopic (exact) mass is 424 g/mol. The van der Waals surface area contributed by atoms with Gasteiger partial charge in [-0.15, -0.1) is 0 Å². The number of hydrogen-bond acceptors (Lipinski definition) is 5. The summed E-state index contributed by atoms with van der Waals surface area (Å²) in [5, 5.41) is 5.90. The van der Waals surface area contributed by atoms with Gasteiger partial charge in [-0.3, -0.25) is 4.79 Å². The Morgan fingerprint density at radius 1 is 0.844 bits per heavy atom. The average molecular weight is 424 g/mol. The first kappa shape index (κ1) is 20.8. The number of fused-ring (bicyclic) bond motifs is 1. The number of nitrogens with zero attached hydrogens (tertiary/aromatic N) is 1. The van der Waals surface area contributed by atoms with Crippen LogP contribution in [0.1, 0.15) is 26.3 Å². The molecule has 1 amide bonds. The summed E-state index contributed by atoms with van der Waals surface area (Å²) >= 11 is 0. The molecule has 4 rings (SSSR count). The second kappa shape index (κ2) is 9.57. The highest BCUT2D eigenvalue weighted by Gasteiger charge is 2.13. The van der Waals surface area contributed by atoms with Gasteiger partial charge in [-0.2, -0.15) is 5.10 Å². The van der Waals surface area contributed by atoms with Crippen LogP contribution in [0.15, 0.2) is 96.1 Å². The van der Waals surface area contributed by atoms with Gasteiger partial charge in [-0.25, -0.2) is 10.2 Å². The third-order valence-corrected chi connectivity index (χ3v) is 4.83. The number of carbonyl (C=O) groups is 2. The van der Waals surface area contributed by atoms with E-state index in [0.717, 1.165) is 10.8 Å². The largest absolute Gasteiger partial charge is 0.497 e. The van der Waals surface area contributed by atoms with E-state index in [0.29, 0.717) is 28.2 Å².